The Labute approximate surface area is 73.9 Å². The molecule has 3 nitrogen and oxygen atoms in total. The minimum absolute atomic E-state index is 0.202. The number of nitrogens with two attached hydrogens (primary N) is 1. The molecule has 0 radical (unpaired) electrons. The lowest BCUT2D eigenvalue weighted by molar-refractivity contribution is -0.119. The van der Waals surface area contributed by atoms with Crippen molar-refractivity contribution in [2.75, 3.05) is 19.6 Å². The van der Waals surface area contributed by atoms with Gasteiger partial charge in [-0.2, -0.15) is 0 Å². The lowest BCUT2D eigenvalue weighted by Crippen LogP contribution is -2.40. The Kier molecular flexibility index (Phi) is 3.53. The van der Waals surface area contributed by atoms with E-state index in [1.54, 1.807) is 0 Å². The molecule has 0 aliphatic carbocycles. The van der Waals surface area contributed by atoms with Crippen molar-refractivity contribution < 1.29 is 4.79 Å². The zero-order valence-electron chi connectivity index (χ0n) is 7.75. The largest absolute Gasteiger partial charge is 0.369 e. The molecular weight excluding hydrogens is 152 g/mol. The summed E-state index contributed by atoms with van der Waals surface area (Å²) in [6, 6.07) is 0. The number of hydrogen-bond donors (Lipinski definition) is 1. The van der Waals surface area contributed by atoms with Gasteiger partial charge in [0.1, 0.15) is 0 Å². The Balaban J connectivity index is 2.30. The lowest BCUT2D eigenvalue weighted by Gasteiger charge is -2.31. The minimum atomic E-state index is -0.202. The number of likely N-dealkylation sites (tertiary alicyclic amines) is 1. The average Bonchev–Trinajstić information content (AvgIpc) is 2.03. The molecule has 12 heavy (non-hydrogen) atoms. The molecule has 1 fully saturated rings. The van der Waals surface area contributed by atoms with Gasteiger partial charge in [0, 0.05) is 6.54 Å². The van der Waals surface area contributed by atoms with Crippen molar-refractivity contribution >= 4 is 5.91 Å². The van der Waals surface area contributed by atoms with Gasteiger partial charge in [-0.1, -0.05) is 13.3 Å². The molecule has 0 aromatic carbocycles. The number of carbonyl (C=O) groups excluding carboxylic acids is 1. The van der Waals surface area contributed by atoms with Crippen LogP contribution in [0.5, 0.6) is 0 Å². The summed E-state index contributed by atoms with van der Waals surface area (Å²) in [6.45, 7) is 4.74. The first-order chi connectivity index (χ1) is 5.72. The van der Waals surface area contributed by atoms with Crippen LogP contribution in [0.3, 0.4) is 0 Å². The maximum absolute atomic E-state index is 10.6. The highest BCUT2D eigenvalue weighted by atomic mass is 16.1. The van der Waals surface area contributed by atoms with Crippen LogP contribution < -0.4 is 5.73 Å². The summed E-state index contributed by atoms with van der Waals surface area (Å²) in [5, 5.41) is 0. The van der Waals surface area contributed by atoms with Gasteiger partial charge in [-0.25, -0.2) is 0 Å². The van der Waals surface area contributed by atoms with Crippen LogP contribution in [0.25, 0.3) is 0 Å². The third kappa shape index (κ3) is 2.81. The van der Waals surface area contributed by atoms with E-state index in [9.17, 15) is 4.79 Å². The second-order valence-corrected chi connectivity index (χ2v) is 3.62. The van der Waals surface area contributed by atoms with Gasteiger partial charge in [0.25, 0.3) is 0 Å². The molecule has 0 aromatic rings. The van der Waals surface area contributed by atoms with E-state index in [4.69, 9.17) is 5.73 Å². The SMILES string of the molecule is CC[C@@H]1CCCN(CC(N)=O)C1. The monoisotopic (exact) mass is 170 g/mol. The molecule has 1 amide bonds. The molecule has 1 saturated heterocycles. The molecule has 1 heterocycles. The third-order valence-corrected chi connectivity index (χ3v) is 2.56. The molecule has 1 aliphatic rings. The Bertz CT molecular complexity index is 159. The summed E-state index contributed by atoms with van der Waals surface area (Å²) in [7, 11) is 0. The van der Waals surface area contributed by atoms with Crippen LogP contribution in [-0.4, -0.2) is 30.4 Å². The van der Waals surface area contributed by atoms with E-state index in [0.29, 0.717) is 6.54 Å². The minimum Gasteiger partial charge on any atom is -0.369 e. The summed E-state index contributed by atoms with van der Waals surface area (Å²) in [6.07, 6.45) is 3.74. The van der Waals surface area contributed by atoms with E-state index in [1.165, 1.54) is 19.3 Å². The van der Waals surface area contributed by atoms with E-state index in [0.717, 1.165) is 19.0 Å². The molecule has 0 spiro atoms. The third-order valence-electron chi connectivity index (χ3n) is 2.56. The lowest BCUT2D eigenvalue weighted by atomic mass is 9.96. The van der Waals surface area contributed by atoms with Crippen LogP contribution >= 0.6 is 0 Å². The van der Waals surface area contributed by atoms with Crippen molar-refractivity contribution in [1.29, 1.82) is 0 Å². The van der Waals surface area contributed by atoms with Crippen LogP contribution in [0.1, 0.15) is 26.2 Å². The maximum Gasteiger partial charge on any atom is 0.231 e. The molecule has 70 valence electrons. The van der Waals surface area contributed by atoms with Gasteiger partial charge in [-0.3, -0.25) is 9.69 Å². The van der Waals surface area contributed by atoms with Gasteiger partial charge in [0.2, 0.25) is 5.91 Å². The fraction of sp³-hybridized carbons (Fsp3) is 0.889. The van der Waals surface area contributed by atoms with Crippen molar-refractivity contribution in [2.45, 2.75) is 26.2 Å². The molecule has 0 saturated carbocycles. The summed E-state index contributed by atoms with van der Waals surface area (Å²) in [5.41, 5.74) is 5.13. The molecule has 1 atom stereocenters. The summed E-state index contributed by atoms with van der Waals surface area (Å²) < 4.78 is 0. The standard InChI is InChI=1S/C9H18N2O/c1-2-8-4-3-5-11(6-8)7-9(10)12/h8H,2-7H2,1H3,(H2,10,12)/t8-/m1/s1. The van der Waals surface area contributed by atoms with Crippen molar-refractivity contribution in [3.05, 3.63) is 0 Å². The highest BCUT2D eigenvalue weighted by Gasteiger charge is 2.18. The molecule has 0 aromatic heterocycles. The van der Waals surface area contributed by atoms with E-state index in [2.05, 4.69) is 11.8 Å². The fourth-order valence-corrected chi connectivity index (χ4v) is 1.85. The van der Waals surface area contributed by atoms with Gasteiger partial charge in [-0.05, 0) is 25.3 Å². The van der Waals surface area contributed by atoms with Gasteiger partial charge < -0.3 is 5.73 Å². The second-order valence-electron chi connectivity index (χ2n) is 3.62. The summed E-state index contributed by atoms with van der Waals surface area (Å²) in [4.78, 5) is 12.8. The predicted octanol–water partition coefficient (Wildman–Crippen LogP) is 0.594. The van der Waals surface area contributed by atoms with E-state index in [1.807, 2.05) is 0 Å². The number of nitrogens with zero attached hydrogens (tertiary/aromatic N) is 1. The normalized spacial score (nSPS) is 25.6. The Hall–Kier alpha value is -0.570. The highest BCUT2D eigenvalue weighted by Crippen LogP contribution is 2.18. The molecular formula is C9H18N2O. The van der Waals surface area contributed by atoms with Crippen LogP contribution in [-0.2, 0) is 4.79 Å². The topological polar surface area (TPSA) is 46.3 Å². The molecule has 0 unspecified atom stereocenters. The van der Waals surface area contributed by atoms with Crippen molar-refractivity contribution in [3.8, 4) is 0 Å². The number of carbonyl (C=O) groups is 1. The smallest absolute Gasteiger partial charge is 0.231 e. The van der Waals surface area contributed by atoms with Gasteiger partial charge in [-0.15, -0.1) is 0 Å². The van der Waals surface area contributed by atoms with Crippen LogP contribution in [0, 0.1) is 5.92 Å². The quantitative estimate of drug-likeness (QED) is 0.674. The van der Waals surface area contributed by atoms with E-state index in [-0.39, 0.29) is 5.91 Å². The zero-order chi connectivity index (χ0) is 8.97. The Morgan fingerprint density at radius 2 is 2.42 bits per heavy atom. The van der Waals surface area contributed by atoms with Crippen molar-refractivity contribution in [3.63, 3.8) is 0 Å². The van der Waals surface area contributed by atoms with Crippen molar-refractivity contribution in [2.24, 2.45) is 11.7 Å². The maximum atomic E-state index is 10.6. The summed E-state index contributed by atoms with van der Waals surface area (Å²) >= 11 is 0. The first kappa shape index (κ1) is 9.52. The number of rotatable bonds is 3. The van der Waals surface area contributed by atoms with Crippen LogP contribution in [0.2, 0.25) is 0 Å². The molecule has 0 bridgehead atoms. The Morgan fingerprint density at radius 1 is 1.67 bits per heavy atom. The number of hydrogen-bond acceptors (Lipinski definition) is 2. The van der Waals surface area contributed by atoms with Gasteiger partial charge >= 0.3 is 0 Å². The number of amides is 1. The molecule has 3 heteroatoms. The second kappa shape index (κ2) is 4.45. The first-order valence-corrected chi connectivity index (χ1v) is 4.73. The zero-order valence-corrected chi connectivity index (χ0v) is 7.75. The van der Waals surface area contributed by atoms with E-state index >= 15 is 0 Å². The van der Waals surface area contributed by atoms with Crippen LogP contribution in [0.4, 0.5) is 0 Å². The van der Waals surface area contributed by atoms with Crippen molar-refractivity contribution in [1.82, 2.24) is 4.90 Å². The fourth-order valence-electron chi connectivity index (χ4n) is 1.85. The first-order valence-electron chi connectivity index (χ1n) is 4.73. The van der Waals surface area contributed by atoms with Gasteiger partial charge in [0.15, 0.2) is 0 Å². The average molecular weight is 170 g/mol. The molecule has 1 rings (SSSR count). The number of piperidine rings is 1. The molecule has 2 N–H and O–H groups in total. The molecule has 1 aliphatic heterocycles. The predicted molar refractivity (Wildman–Crippen MR) is 48.6 cm³/mol. The number of primary amides is 1. The summed E-state index contributed by atoms with van der Waals surface area (Å²) in [5.74, 6) is 0.574. The van der Waals surface area contributed by atoms with Gasteiger partial charge in [0.05, 0.1) is 6.54 Å². The van der Waals surface area contributed by atoms with E-state index < -0.39 is 0 Å². The Morgan fingerprint density at radius 3 is 3.00 bits per heavy atom. The highest BCUT2D eigenvalue weighted by molar-refractivity contribution is 5.75. The van der Waals surface area contributed by atoms with Crippen LogP contribution in [0.15, 0.2) is 0 Å².